The number of aromatic nitrogens is 2. The van der Waals surface area contributed by atoms with Crippen LogP contribution in [0.2, 0.25) is 0 Å². The summed E-state index contributed by atoms with van der Waals surface area (Å²) in [6.07, 6.45) is 1.86. The molecule has 7 nitrogen and oxygen atoms in total. The molecule has 158 valence electrons. The largest absolute Gasteiger partial charge is 0.426 e. The Balaban J connectivity index is 1.40. The molecule has 0 fully saturated rings. The van der Waals surface area contributed by atoms with Gasteiger partial charge in [0.2, 0.25) is 11.7 Å². The minimum atomic E-state index is -0.493. The number of carbonyl (C=O) groups is 1. The van der Waals surface area contributed by atoms with E-state index in [1.807, 2.05) is 6.92 Å². The normalized spacial score (nSPS) is 11.0. The quantitative estimate of drug-likeness (QED) is 0.246. The second kappa shape index (κ2) is 8.91. The zero-order chi connectivity index (χ0) is 21.8. The summed E-state index contributed by atoms with van der Waals surface area (Å²) in [4.78, 5) is 28.2. The Morgan fingerprint density at radius 1 is 1.10 bits per heavy atom. The number of nitrogens with zero attached hydrogens (tertiary/aromatic N) is 2. The Morgan fingerprint density at radius 3 is 2.68 bits per heavy atom. The molecule has 0 saturated carbocycles. The summed E-state index contributed by atoms with van der Waals surface area (Å²) in [5.74, 6) is 0.0188. The first kappa shape index (κ1) is 20.5. The van der Waals surface area contributed by atoms with Gasteiger partial charge in [0.15, 0.2) is 0 Å². The van der Waals surface area contributed by atoms with E-state index < -0.39 is 11.6 Å². The van der Waals surface area contributed by atoms with Gasteiger partial charge in [0, 0.05) is 29.5 Å². The van der Waals surface area contributed by atoms with Gasteiger partial charge in [0.1, 0.15) is 17.1 Å². The van der Waals surface area contributed by atoms with Crippen molar-refractivity contribution in [3.63, 3.8) is 0 Å². The lowest BCUT2D eigenvalue weighted by molar-refractivity contribution is -0.134. The summed E-state index contributed by atoms with van der Waals surface area (Å²) in [6, 6.07) is 12.2. The van der Waals surface area contributed by atoms with Gasteiger partial charge in [-0.1, -0.05) is 18.5 Å². The molecule has 0 N–H and O–H groups in total. The highest BCUT2D eigenvalue weighted by molar-refractivity contribution is 5.82. The van der Waals surface area contributed by atoms with Crippen LogP contribution in [0.25, 0.3) is 22.4 Å². The number of aryl methyl sites for hydroxylation is 2. The van der Waals surface area contributed by atoms with Crippen molar-refractivity contribution in [2.24, 2.45) is 0 Å². The Kier molecular flexibility index (Phi) is 5.88. The van der Waals surface area contributed by atoms with Crippen LogP contribution in [-0.2, 0) is 17.6 Å². The van der Waals surface area contributed by atoms with Crippen molar-refractivity contribution in [1.29, 1.82) is 0 Å². The molecule has 31 heavy (non-hydrogen) atoms. The van der Waals surface area contributed by atoms with Gasteiger partial charge in [-0.3, -0.25) is 4.79 Å². The standard InChI is InChI=1S/C23H19FN2O5/c1-2-3-15-12-22(28)30-19-13-17(8-9-18(15)19)29-21(27)11-10-20-25-23(26-31-20)14-4-6-16(24)7-5-14/h4-9,12-13H,2-3,10-11H2,1H3. The van der Waals surface area contributed by atoms with E-state index >= 15 is 0 Å². The molecule has 0 spiro atoms. The first-order valence-electron chi connectivity index (χ1n) is 9.88. The molecule has 0 atom stereocenters. The average Bonchev–Trinajstić information content (AvgIpc) is 3.22. The van der Waals surface area contributed by atoms with Gasteiger partial charge in [0.05, 0.1) is 6.42 Å². The van der Waals surface area contributed by atoms with Crippen LogP contribution in [0.1, 0.15) is 31.2 Å². The number of fused-ring (bicyclic) bond motifs is 1. The number of ether oxygens (including phenoxy) is 1. The summed E-state index contributed by atoms with van der Waals surface area (Å²) in [7, 11) is 0. The van der Waals surface area contributed by atoms with E-state index in [0.29, 0.717) is 17.0 Å². The Labute approximate surface area is 176 Å². The molecule has 2 aromatic carbocycles. The fraction of sp³-hybridized carbons (Fsp3) is 0.217. The second-order valence-corrected chi connectivity index (χ2v) is 6.99. The summed E-state index contributed by atoms with van der Waals surface area (Å²) in [6.45, 7) is 2.03. The highest BCUT2D eigenvalue weighted by Gasteiger charge is 2.13. The van der Waals surface area contributed by atoms with Crippen molar-refractivity contribution < 1.29 is 22.9 Å². The lowest BCUT2D eigenvalue weighted by Crippen LogP contribution is -2.09. The van der Waals surface area contributed by atoms with E-state index in [1.165, 1.54) is 24.3 Å². The molecule has 0 aliphatic carbocycles. The highest BCUT2D eigenvalue weighted by Crippen LogP contribution is 2.24. The fourth-order valence-corrected chi connectivity index (χ4v) is 3.21. The van der Waals surface area contributed by atoms with Gasteiger partial charge in [0.25, 0.3) is 0 Å². The number of carbonyl (C=O) groups excluding carboxylic acids is 1. The lowest BCUT2D eigenvalue weighted by atomic mass is 10.1. The second-order valence-electron chi connectivity index (χ2n) is 6.99. The van der Waals surface area contributed by atoms with Gasteiger partial charge >= 0.3 is 11.6 Å². The van der Waals surface area contributed by atoms with Crippen LogP contribution in [0.3, 0.4) is 0 Å². The number of hydrogen-bond donors (Lipinski definition) is 0. The van der Waals surface area contributed by atoms with E-state index in [2.05, 4.69) is 10.1 Å². The van der Waals surface area contributed by atoms with Gasteiger partial charge in [-0.25, -0.2) is 9.18 Å². The summed E-state index contributed by atoms with van der Waals surface area (Å²) in [5, 5.41) is 4.66. The highest BCUT2D eigenvalue weighted by atomic mass is 19.1. The average molecular weight is 422 g/mol. The Hall–Kier alpha value is -3.81. The maximum atomic E-state index is 13.0. The third-order valence-electron chi connectivity index (χ3n) is 4.67. The topological polar surface area (TPSA) is 95.4 Å². The van der Waals surface area contributed by atoms with Crippen molar-refractivity contribution in [3.05, 3.63) is 76.2 Å². The number of benzene rings is 2. The van der Waals surface area contributed by atoms with Crippen LogP contribution in [0.4, 0.5) is 4.39 Å². The minimum Gasteiger partial charge on any atom is -0.426 e. The molecule has 0 amide bonds. The van der Waals surface area contributed by atoms with Gasteiger partial charge in [-0.2, -0.15) is 4.98 Å². The van der Waals surface area contributed by atoms with Gasteiger partial charge in [-0.05, 0) is 48.4 Å². The van der Waals surface area contributed by atoms with E-state index in [4.69, 9.17) is 13.7 Å². The maximum Gasteiger partial charge on any atom is 0.336 e. The third kappa shape index (κ3) is 4.85. The molecular weight excluding hydrogens is 403 g/mol. The maximum absolute atomic E-state index is 13.0. The van der Waals surface area contributed by atoms with Crippen molar-refractivity contribution in [3.8, 4) is 17.1 Å². The molecule has 8 heteroatoms. The van der Waals surface area contributed by atoms with Crippen LogP contribution < -0.4 is 10.4 Å². The smallest absolute Gasteiger partial charge is 0.336 e. The molecule has 2 heterocycles. The lowest BCUT2D eigenvalue weighted by Gasteiger charge is -2.07. The predicted octanol–water partition coefficient (Wildman–Crippen LogP) is 4.47. The first-order valence-corrected chi connectivity index (χ1v) is 9.88. The van der Waals surface area contributed by atoms with E-state index in [9.17, 15) is 14.0 Å². The molecule has 0 aliphatic rings. The zero-order valence-electron chi connectivity index (χ0n) is 16.8. The van der Waals surface area contributed by atoms with Crippen LogP contribution in [0.15, 0.2) is 62.3 Å². The molecule has 0 saturated heterocycles. The number of rotatable bonds is 7. The number of halogens is 1. The monoisotopic (exact) mass is 422 g/mol. The minimum absolute atomic E-state index is 0.0168. The Bertz CT molecular complexity index is 1280. The zero-order valence-corrected chi connectivity index (χ0v) is 16.8. The first-order chi connectivity index (χ1) is 15.0. The molecule has 4 rings (SSSR count). The van der Waals surface area contributed by atoms with E-state index in [0.717, 1.165) is 23.8 Å². The van der Waals surface area contributed by atoms with Crippen LogP contribution in [0.5, 0.6) is 5.75 Å². The van der Waals surface area contributed by atoms with Gasteiger partial charge in [-0.15, -0.1) is 0 Å². The summed E-state index contributed by atoms with van der Waals surface area (Å²) in [5.41, 5.74) is 1.45. The molecule has 0 radical (unpaired) electrons. The van der Waals surface area contributed by atoms with E-state index in [-0.39, 0.29) is 30.3 Å². The van der Waals surface area contributed by atoms with Crippen LogP contribution in [0, 0.1) is 5.82 Å². The molecule has 0 unspecified atom stereocenters. The van der Waals surface area contributed by atoms with Crippen molar-refractivity contribution in [2.75, 3.05) is 0 Å². The SMILES string of the molecule is CCCc1cc(=O)oc2cc(OC(=O)CCc3nc(-c4ccc(F)cc4)no3)ccc12. The molecular formula is C23H19FN2O5. The van der Waals surface area contributed by atoms with Crippen LogP contribution in [-0.4, -0.2) is 16.1 Å². The third-order valence-corrected chi connectivity index (χ3v) is 4.67. The molecule has 0 aliphatic heterocycles. The van der Waals surface area contributed by atoms with E-state index in [1.54, 1.807) is 24.3 Å². The predicted molar refractivity (Wildman–Crippen MR) is 110 cm³/mol. The Morgan fingerprint density at radius 2 is 1.90 bits per heavy atom. The van der Waals surface area contributed by atoms with Crippen LogP contribution >= 0.6 is 0 Å². The van der Waals surface area contributed by atoms with Gasteiger partial charge < -0.3 is 13.7 Å². The summed E-state index contributed by atoms with van der Waals surface area (Å²) < 4.78 is 28.8. The fourth-order valence-electron chi connectivity index (χ4n) is 3.21. The molecule has 4 aromatic rings. The number of esters is 1. The van der Waals surface area contributed by atoms with Crippen molar-refractivity contribution >= 4 is 16.9 Å². The van der Waals surface area contributed by atoms with Crippen molar-refractivity contribution in [1.82, 2.24) is 10.1 Å². The van der Waals surface area contributed by atoms with Crippen molar-refractivity contribution in [2.45, 2.75) is 32.6 Å². The number of hydrogen-bond acceptors (Lipinski definition) is 7. The summed E-state index contributed by atoms with van der Waals surface area (Å²) >= 11 is 0. The molecule has 2 aromatic heterocycles. The molecule has 0 bridgehead atoms.